The zero-order valence-corrected chi connectivity index (χ0v) is 17.6. The average Bonchev–Trinajstić information content (AvgIpc) is 2.97. The largest absolute Gasteiger partial charge is 0.337 e. The predicted octanol–water partition coefficient (Wildman–Crippen LogP) is 3.61. The molecule has 0 bridgehead atoms. The first-order valence-electron chi connectivity index (χ1n) is 8.22. The molecule has 1 unspecified atom stereocenters. The number of thioether (sulfide) groups is 2. The SMILES string of the molecule is CSCCc1nc(SC(C)C(=O)NNC(=O)Nc2cccc(Cl)c2)[nH]c1C. The third kappa shape index (κ3) is 7.00. The van der Waals surface area contributed by atoms with Crippen molar-refractivity contribution in [2.75, 3.05) is 17.3 Å². The molecule has 4 N–H and O–H groups in total. The van der Waals surface area contributed by atoms with Crippen LogP contribution in [-0.2, 0) is 11.2 Å². The summed E-state index contributed by atoms with van der Waals surface area (Å²) in [7, 11) is 0. The Labute approximate surface area is 171 Å². The van der Waals surface area contributed by atoms with E-state index in [0.717, 1.165) is 23.6 Å². The quantitative estimate of drug-likeness (QED) is 0.399. The molecule has 0 aliphatic heterocycles. The minimum atomic E-state index is -0.559. The van der Waals surface area contributed by atoms with Crippen LogP contribution < -0.4 is 16.2 Å². The number of hydrogen-bond acceptors (Lipinski definition) is 5. The summed E-state index contributed by atoms with van der Waals surface area (Å²) in [6, 6.07) is 6.16. The number of H-pyrrole nitrogens is 1. The van der Waals surface area contributed by atoms with Gasteiger partial charge in [-0.2, -0.15) is 11.8 Å². The lowest BCUT2D eigenvalue weighted by Crippen LogP contribution is -2.46. The number of amides is 3. The number of anilines is 1. The summed E-state index contributed by atoms with van der Waals surface area (Å²) in [6.45, 7) is 3.72. The zero-order valence-electron chi connectivity index (χ0n) is 15.3. The molecule has 1 heterocycles. The fourth-order valence-electron chi connectivity index (χ4n) is 2.13. The molecule has 10 heteroatoms. The van der Waals surface area contributed by atoms with Crippen molar-refractivity contribution >= 4 is 52.8 Å². The molecule has 1 atom stereocenters. The van der Waals surface area contributed by atoms with Crippen molar-refractivity contribution in [2.24, 2.45) is 0 Å². The fourth-order valence-corrected chi connectivity index (χ4v) is 3.60. The molecule has 0 spiro atoms. The highest BCUT2D eigenvalue weighted by Gasteiger charge is 2.18. The Kier molecular flexibility index (Phi) is 8.33. The third-order valence-corrected chi connectivity index (χ3v) is 5.38. The number of urea groups is 1. The van der Waals surface area contributed by atoms with Crippen molar-refractivity contribution in [1.29, 1.82) is 0 Å². The van der Waals surface area contributed by atoms with Gasteiger partial charge in [0.15, 0.2) is 5.16 Å². The van der Waals surface area contributed by atoms with E-state index < -0.39 is 11.3 Å². The zero-order chi connectivity index (χ0) is 19.8. The van der Waals surface area contributed by atoms with Gasteiger partial charge in [0.05, 0.1) is 10.9 Å². The van der Waals surface area contributed by atoms with Gasteiger partial charge in [0.25, 0.3) is 5.91 Å². The summed E-state index contributed by atoms with van der Waals surface area (Å²) in [5.41, 5.74) is 7.27. The van der Waals surface area contributed by atoms with Gasteiger partial charge in [-0.1, -0.05) is 29.4 Å². The van der Waals surface area contributed by atoms with E-state index in [0.29, 0.717) is 15.9 Å². The normalized spacial score (nSPS) is 11.7. The van der Waals surface area contributed by atoms with Crippen LogP contribution in [0.25, 0.3) is 0 Å². The molecular formula is C17H22ClN5O2S2. The molecule has 0 saturated heterocycles. The summed E-state index contributed by atoms with van der Waals surface area (Å²) in [5, 5.41) is 3.34. The molecule has 0 aliphatic carbocycles. The maximum absolute atomic E-state index is 12.2. The molecule has 1 aromatic carbocycles. The number of rotatable bonds is 7. The monoisotopic (exact) mass is 427 g/mol. The van der Waals surface area contributed by atoms with Crippen LogP contribution in [0.2, 0.25) is 5.02 Å². The van der Waals surface area contributed by atoms with E-state index in [1.54, 1.807) is 43.0 Å². The smallest absolute Gasteiger partial charge is 0.337 e. The number of aryl methyl sites for hydroxylation is 2. The van der Waals surface area contributed by atoms with Crippen molar-refractivity contribution in [1.82, 2.24) is 20.8 Å². The van der Waals surface area contributed by atoms with Crippen molar-refractivity contribution < 1.29 is 9.59 Å². The molecule has 146 valence electrons. The number of imidazole rings is 1. The van der Waals surface area contributed by atoms with Gasteiger partial charge in [0.1, 0.15) is 0 Å². The van der Waals surface area contributed by atoms with Crippen LogP contribution in [-0.4, -0.2) is 39.2 Å². The van der Waals surface area contributed by atoms with Crippen LogP contribution in [0.15, 0.2) is 29.4 Å². The van der Waals surface area contributed by atoms with Gasteiger partial charge in [-0.15, -0.1) is 0 Å². The molecule has 2 rings (SSSR count). The summed E-state index contributed by atoms with van der Waals surface area (Å²) < 4.78 is 0. The van der Waals surface area contributed by atoms with Crippen molar-refractivity contribution in [3.63, 3.8) is 0 Å². The van der Waals surface area contributed by atoms with Gasteiger partial charge in [-0.05, 0) is 44.1 Å². The Morgan fingerprint density at radius 2 is 2.11 bits per heavy atom. The third-order valence-electron chi connectivity index (χ3n) is 3.55. The summed E-state index contributed by atoms with van der Waals surface area (Å²) in [5.74, 6) is 0.665. The van der Waals surface area contributed by atoms with E-state index >= 15 is 0 Å². The van der Waals surface area contributed by atoms with Crippen LogP contribution in [0.1, 0.15) is 18.3 Å². The second kappa shape index (κ2) is 10.5. The molecule has 2 aromatic rings. The van der Waals surface area contributed by atoms with Gasteiger partial charge >= 0.3 is 6.03 Å². The first-order chi connectivity index (χ1) is 12.9. The van der Waals surface area contributed by atoms with E-state index in [2.05, 4.69) is 32.4 Å². The molecule has 0 radical (unpaired) electrons. The molecule has 0 fully saturated rings. The number of benzene rings is 1. The van der Waals surface area contributed by atoms with Crippen molar-refractivity contribution in [3.05, 3.63) is 40.7 Å². The van der Waals surface area contributed by atoms with Crippen molar-refractivity contribution in [2.45, 2.75) is 30.7 Å². The fraction of sp³-hybridized carbons (Fsp3) is 0.353. The minimum Gasteiger partial charge on any atom is -0.337 e. The second-order valence-electron chi connectivity index (χ2n) is 5.70. The Hall–Kier alpha value is -1.84. The maximum Gasteiger partial charge on any atom is 0.337 e. The number of hydrazine groups is 1. The number of nitrogens with one attached hydrogen (secondary N) is 4. The van der Waals surface area contributed by atoms with E-state index in [4.69, 9.17) is 11.6 Å². The van der Waals surface area contributed by atoms with E-state index in [9.17, 15) is 9.59 Å². The molecule has 27 heavy (non-hydrogen) atoms. The van der Waals surface area contributed by atoms with Crippen LogP contribution in [0.5, 0.6) is 0 Å². The van der Waals surface area contributed by atoms with Crippen LogP contribution in [0.3, 0.4) is 0 Å². The highest BCUT2D eigenvalue weighted by Crippen LogP contribution is 2.22. The number of aromatic amines is 1. The summed E-state index contributed by atoms with van der Waals surface area (Å²) >= 11 is 8.93. The number of carbonyl (C=O) groups is 2. The highest BCUT2D eigenvalue weighted by atomic mass is 35.5. The van der Waals surface area contributed by atoms with Gasteiger partial charge in [-0.3, -0.25) is 10.2 Å². The lowest BCUT2D eigenvalue weighted by Gasteiger charge is -2.12. The maximum atomic E-state index is 12.2. The lowest BCUT2D eigenvalue weighted by molar-refractivity contribution is -0.120. The number of hydrogen-bond donors (Lipinski definition) is 4. The second-order valence-corrected chi connectivity index (χ2v) is 8.45. The molecule has 0 aliphatic rings. The minimum absolute atomic E-state index is 0.332. The van der Waals surface area contributed by atoms with Crippen molar-refractivity contribution in [3.8, 4) is 0 Å². The van der Waals surface area contributed by atoms with Gasteiger partial charge in [0.2, 0.25) is 0 Å². The molecular weight excluding hydrogens is 406 g/mol. The first kappa shape index (κ1) is 21.5. The molecule has 7 nitrogen and oxygen atoms in total. The van der Waals surface area contributed by atoms with Crippen LogP contribution >= 0.6 is 35.1 Å². The van der Waals surface area contributed by atoms with E-state index in [1.807, 2.05) is 6.92 Å². The van der Waals surface area contributed by atoms with Crippen LogP contribution in [0.4, 0.5) is 10.5 Å². The van der Waals surface area contributed by atoms with Gasteiger partial charge in [-0.25, -0.2) is 15.2 Å². The number of nitrogens with zero attached hydrogens (tertiary/aromatic N) is 1. The first-order valence-corrected chi connectivity index (χ1v) is 10.9. The number of halogens is 1. The average molecular weight is 428 g/mol. The van der Waals surface area contributed by atoms with Gasteiger partial charge in [0, 0.05) is 22.8 Å². The molecule has 3 amide bonds. The highest BCUT2D eigenvalue weighted by molar-refractivity contribution is 8.00. The van der Waals surface area contributed by atoms with E-state index in [-0.39, 0.29) is 5.91 Å². The van der Waals surface area contributed by atoms with E-state index in [1.165, 1.54) is 11.8 Å². The Morgan fingerprint density at radius 3 is 2.81 bits per heavy atom. The molecule has 0 saturated carbocycles. The Bertz CT molecular complexity index is 799. The number of aromatic nitrogens is 2. The predicted molar refractivity (Wildman–Crippen MR) is 112 cm³/mol. The molecule has 1 aromatic heterocycles. The number of carbonyl (C=O) groups excluding carboxylic acids is 2. The summed E-state index contributed by atoms with van der Waals surface area (Å²) in [4.78, 5) is 31.8. The Balaban J connectivity index is 1.80. The standard InChI is InChI=1S/C17H22ClN5O2S2/c1-10-14(7-8-26-3)21-17(19-10)27-11(2)15(24)22-23-16(25)20-13-6-4-5-12(18)9-13/h4-6,9,11H,7-8H2,1-3H3,(H,19,21)(H,22,24)(H2,20,23,25). The lowest BCUT2D eigenvalue weighted by atomic mass is 10.3. The summed E-state index contributed by atoms with van der Waals surface area (Å²) in [6.07, 6.45) is 2.94. The topological polar surface area (TPSA) is 98.9 Å². The van der Waals surface area contributed by atoms with Gasteiger partial charge < -0.3 is 10.3 Å². The van der Waals surface area contributed by atoms with Crippen LogP contribution in [0, 0.1) is 6.92 Å². The Morgan fingerprint density at radius 1 is 1.33 bits per heavy atom.